The molecule has 1 aliphatic carbocycles. The average molecular weight is 379 g/mol. The largest absolute Gasteiger partial charge is 0.465 e. The zero-order valence-corrected chi connectivity index (χ0v) is 16.0. The summed E-state index contributed by atoms with van der Waals surface area (Å²) in [5.74, 6) is -4.60. The van der Waals surface area contributed by atoms with Crippen LogP contribution in [0, 0.1) is 11.4 Å². The summed E-state index contributed by atoms with van der Waals surface area (Å²) < 4.78 is 35.1. The van der Waals surface area contributed by atoms with E-state index >= 15 is 8.78 Å². The number of hydrogen-bond acceptors (Lipinski definition) is 5. The maximum Gasteiger partial charge on any atom is 0.337 e. The van der Waals surface area contributed by atoms with Crippen molar-refractivity contribution in [1.82, 2.24) is 5.32 Å². The van der Waals surface area contributed by atoms with Crippen molar-refractivity contribution in [2.75, 3.05) is 7.11 Å². The van der Waals surface area contributed by atoms with Gasteiger partial charge < -0.3 is 10.1 Å². The van der Waals surface area contributed by atoms with Gasteiger partial charge in [0, 0.05) is 17.7 Å². The Labute approximate surface area is 158 Å². The fraction of sp³-hybridized carbons (Fsp3) is 0.550. The molecule has 0 aliphatic heterocycles. The molecule has 1 aromatic rings. The molecule has 0 aromatic heterocycles. The fourth-order valence-electron chi connectivity index (χ4n) is 3.43. The van der Waals surface area contributed by atoms with Crippen molar-refractivity contribution in [3.63, 3.8) is 0 Å². The molecule has 1 atom stereocenters. The molecule has 0 bridgehead atoms. The fourth-order valence-corrected chi connectivity index (χ4v) is 3.43. The van der Waals surface area contributed by atoms with Crippen molar-refractivity contribution >= 4 is 5.97 Å². The van der Waals surface area contributed by atoms with Crippen LogP contribution in [-0.4, -0.2) is 25.0 Å². The lowest BCUT2D eigenvalue weighted by molar-refractivity contribution is -0.0308. The number of nitrogens with zero attached hydrogens (tertiary/aromatic N) is 1. The number of esters is 1. The van der Waals surface area contributed by atoms with E-state index in [2.05, 4.69) is 15.2 Å². The van der Waals surface area contributed by atoms with Gasteiger partial charge in [-0.2, -0.15) is 13.9 Å². The zero-order valence-electron chi connectivity index (χ0n) is 16.0. The van der Waals surface area contributed by atoms with Gasteiger partial charge in [-0.05, 0) is 57.2 Å². The minimum atomic E-state index is -3.19. The Kier molecular flexibility index (Phi) is 7.05. The predicted octanol–water partition coefficient (Wildman–Crippen LogP) is 5.08. The lowest BCUT2D eigenvalue weighted by Crippen LogP contribution is -2.36. The molecule has 1 unspecified atom stereocenters. The summed E-state index contributed by atoms with van der Waals surface area (Å²) >= 11 is 0. The number of hydrogen-bond donors (Lipinski definition) is 2. The predicted molar refractivity (Wildman–Crippen MR) is 98.8 cm³/mol. The van der Waals surface area contributed by atoms with Gasteiger partial charge in [-0.1, -0.05) is 18.6 Å². The second-order valence-electron chi connectivity index (χ2n) is 7.20. The molecule has 7 heteroatoms. The van der Waals surface area contributed by atoms with E-state index in [4.69, 9.17) is 5.53 Å². The number of nitrogens with one attached hydrogen (secondary N) is 2. The van der Waals surface area contributed by atoms with E-state index in [-0.39, 0.29) is 12.5 Å². The Morgan fingerprint density at radius 2 is 2.00 bits per heavy atom. The summed E-state index contributed by atoms with van der Waals surface area (Å²) in [7, 11) is 1.30. The van der Waals surface area contributed by atoms with Gasteiger partial charge in [-0.15, -0.1) is 0 Å². The summed E-state index contributed by atoms with van der Waals surface area (Å²) in [6.07, 6.45) is 2.46. The molecule has 1 aromatic carbocycles. The first-order valence-electron chi connectivity index (χ1n) is 9.22. The van der Waals surface area contributed by atoms with Gasteiger partial charge in [0.15, 0.2) is 5.70 Å². The van der Waals surface area contributed by atoms with Crippen molar-refractivity contribution in [2.24, 2.45) is 11.0 Å². The van der Waals surface area contributed by atoms with Gasteiger partial charge in [0.2, 0.25) is 0 Å². The number of alkyl halides is 2. The molecule has 2 N–H and O–H groups in total. The van der Waals surface area contributed by atoms with Crippen LogP contribution in [-0.2, 0) is 11.2 Å². The normalized spacial score (nSPS) is 22.7. The number of halogens is 2. The van der Waals surface area contributed by atoms with Crippen LogP contribution >= 0.6 is 0 Å². The van der Waals surface area contributed by atoms with E-state index < -0.39 is 23.5 Å². The number of rotatable bonds is 6. The molecule has 0 heterocycles. The zero-order chi connectivity index (χ0) is 20.0. The molecule has 2 rings (SSSR count). The van der Waals surface area contributed by atoms with Crippen LogP contribution in [0.5, 0.6) is 0 Å². The minimum Gasteiger partial charge on any atom is -0.465 e. The van der Waals surface area contributed by atoms with Crippen LogP contribution in [0.1, 0.15) is 55.5 Å². The minimum absolute atomic E-state index is 0.00343. The Morgan fingerprint density at radius 3 is 2.56 bits per heavy atom. The van der Waals surface area contributed by atoms with Gasteiger partial charge in [-0.3, -0.25) is 0 Å². The van der Waals surface area contributed by atoms with Gasteiger partial charge >= 0.3 is 5.97 Å². The number of benzene rings is 1. The third kappa shape index (κ3) is 5.11. The lowest BCUT2D eigenvalue weighted by atomic mass is 9.84. The average Bonchev–Trinajstić information content (AvgIpc) is 2.62. The summed E-state index contributed by atoms with van der Waals surface area (Å²) in [6, 6.07) is 6.51. The Bertz CT molecular complexity index is 700. The van der Waals surface area contributed by atoms with Crippen molar-refractivity contribution in [3.8, 4) is 0 Å². The summed E-state index contributed by atoms with van der Waals surface area (Å²) in [5, 5.41) is 6.28. The first-order valence-corrected chi connectivity index (χ1v) is 9.22. The van der Waals surface area contributed by atoms with E-state index in [1.165, 1.54) is 7.11 Å². The number of methoxy groups -OCH3 is 1. The van der Waals surface area contributed by atoms with Crippen molar-refractivity contribution in [1.29, 1.82) is 5.53 Å². The lowest BCUT2D eigenvalue weighted by Gasteiger charge is -2.31. The molecule has 148 valence electrons. The van der Waals surface area contributed by atoms with Crippen molar-refractivity contribution in [2.45, 2.75) is 57.9 Å². The summed E-state index contributed by atoms with van der Waals surface area (Å²) in [4.78, 5) is 11.5. The quantitative estimate of drug-likeness (QED) is 0.534. The summed E-state index contributed by atoms with van der Waals surface area (Å²) in [6.45, 7) is 3.76. The second-order valence-corrected chi connectivity index (χ2v) is 7.20. The van der Waals surface area contributed by atoms with Crippen molar-refractivity contribution in [3.05, 3.63) is 46.8 Å². The number of carbonyl (C=O) groups is 1. The highest BCUT2D eigenvalue weighted by molar-refractivity contribution is 5.89. The monoisotopic (exact) mass is 379 g/mol. The third-order valence-electron chi connectivity index (χ3n) is 4.78. The third-order valence-corrected chi connectivity index (χ3v) is 4.78. The van der Waals surface area contributed by atoms with E-state index in [1.807, 2.05) is 13.8 Å². The Morgan fingerprint density at radius 1 is 1.33 bits per heavy atom. The number of carbonyl (C=O) groups excluding carboxylic acids is 1. The first kappa shape index (κ1) is 21.0. The second kappa shape index (κ2) is 9.06. The Hall–Kier alpha value is -2.31. The number of ether oxygens (including phenoxy) is 1. The van der Waals surface area contributed by atoms with Crippen LogP contribution in [0.25, 0.3) is 0 Å². The molecule has 0 amide bonds. The molecule has 0 saturated carbocycles. The molecule has 1 aliphatic rings. The SMILES string of the molecule is COC(=O)c1ccc(CC2CCCC/C(NC(C)C)=C(/N=N)C2(F)F)cc1. The Balaban J connectivity index is 2.29. The standard InChI is InChI=1S/C20H27F2N3O2/c1-13(2)24-17-7-5-4-6-16(20(21,22)18(17)25-23)12-14-8-10-15(11-9-14)19(26)27-3/h8-11,13,16,23-24H,4-7,12H2,1-3H3/b18-17-,25-23?. The van der Waals surface area contributed by atoms with Crippen molar-refractivity contribution < 1.29 is 18.3 Å². The van der Waals surface area contributed by atoms with Gasteiger partial charge in [0.25, 0.3) is 5.92 Å². The van der Waals surface area contributed by atoms with E-state index in [0.717, 1.165) is 12.0 Å². The highest BCUT2D eigenvalue weighted by Crippen LogP contribution is 2.42. The van der Waals surface area contributed by atoms with Crippen LogP contribution in [0.2, 0.25) is 0 Å². The molecule has 5 nitrogen and oxygen atoms in total. The molecule has 0 fully saturated rings. The van der Waals surface area contributed by atoms with Gasteiger partial charge in [0.1, 0.15) is 0 Å². The van der Waals surface area contributed by atoms with Gasteiger partial charge in [-0.25, -0.2) is 10.3 Å². The maximum atomic E-state index is 15.2. The smallest absolute Gasteiger partial charge is 0.337 e. The van der Waals surface area contributed by atoms with E-state index in [1.54, 1.807) is 24.3 Å². The number of allylic oxidation sites excluding steroid dienone is 2. The van der Waals surface area contributed by atoms with Crippen LogP contribution in [0.4, 0.5) is 8.78 Å². The first-order chi connectivity index (χ1) is 12.8. The highest BCUT2D eigenvalue weighted by Gasteiger charge is 2.45. The van der Waals surface area contributed by atoms with E-state index in [0.29, 0.717) is 30.5 Å². The van der Waals surface area contributed by atoms with E-state index in [9.17, 15) is 4.79 Å². The highest BCUT2D eigenvalue weighted by atomic mass is 19.3. The van der Waals surface area contributed by atoms with Crippen LogP contribution in [0.15, 0.2) is 40.8 Å². The van der Waals surface area contributed by atoms with Crippen LogP contribution < -0.4 is 5.32 Å². The topological polar surface area (TPSA) is 74.5 Å². The molecular weight excluding hydrogens is 352 g/mol. The molecular formula is C20H27F2N3O2. The van der Waals surface area contributed by atoms with Crippen LogP contribution in [0.3, 0.4) is 0 Å². The maximum absolute atomic E-state index is 15.2. The molecule has 0 radical (unpaired) electrons. The molecule has 0 saturated heterocycles. The molecule has 0 spiro atoms. The molecule has 27 heavy (non-hydrogen) atoms. The summed E-state index contributed by atoms with van der Waals surface area (Å²) in [5.41, 5.74) is 8.38. The van der Waals surface area contributed by atoms with Gasteiger partial charge in [0.05, 0.1) is 12.7 Å².